The van der Waals surface area contributed by atoms with Crippen molar-refractivity contribution >= 4 is 23.5 Å². The van der Waals surface area contributed by atoms with Crippen molar-refractivity contribution in [2.24, 2.45) is 0 Å². The highest BCUT2D eigenvalue weighted by atomic mass is 32.2. The first-order valence-corrected chi connectivity index (χ1v) is 11.2. The summed E-state index contributed by atoms with van der Waals surface area (Å²) < 4.78 is 7.48. The number of carbonyl (C=O) groups excluding carboxylic acids is 1. The van der Waals surface area contributed by atoms with E-state index in [1.807, 2.05) is 41.7 Å². The molecule has 2 N–H and O–H groups in total. The summed E-state index contributed by atoms with van der Waals surface area (Å²) >= 11 is 1.61. The first-order valence-electron chi connectivity index (χ1n) is 10.5. The average molecular weight is 428 g/mol. The van der Waals surface area contributed by atoms with Gasteiger partial charge in [-0.05, 0) is 61.2 Å². The molecule has 1 fully saturated rings. The number of nitrogens with zero attached hydrogens (tertiary/aromatic N) is 2. The number of hydrogen-bond acceptors (Lipinski definition) is 6. The van der Waals surface area contributed by atoms with E-state index in [0.29, 0.717) is 12.8 Å². The Morgan fingerprint density at radius 2 is 2.00 bits per heavy atom. The van der Waals surface area contributed by atoms with Crippen LogP contribution in [0.1, 0.15) is 11.1 Å². The lowest BCUT2D eigenvalue weighted by molar-refractivity contribution is -0.125. The maximum atomic E-state index is 13.1. The van der Waals surface area contributed by atoms with Crippen LogP contribution in [-0.2, 0) is 22.4 Å². The zero-order chi connectivity index (χ0) is 20.9. The number of amides is 1. The van der Waals surface area contributed by atoms with Crippen molar-refractivity contribution in [1.82, 2.24) is 9.62 Å². The van der Waals surface area contributed by atoms with Crippen molar-refractivity contribution < 1.29 is 14.6 Å². The van der Waals surface area contributed by atoms with Crippen LogP contribution in [0.4, 0.5) is 5.69 Å². The fourth-order valence-electron chi connectivity index (χ4n) is 4.00. The van der Waals surface area contributed by atoms with E-state index >= 15 is 0 Å². The summed E-state index contributed by atoms with van der Waals surface area (Å²) in [5.74, 6) is -0.0394. The molecule has 2 aromatic carbocycles. The Hall–Kier alpha value is -2.06. The van der Waals surface area contributed by atoms with Crippen LogP contribution in [0, 0.1) is 0 Å². The highest BCUT2D eigenvalue weighted by molar-refractivity contribution is 7.97. The zero-order valence-electron chi connectivity index (χ0n) is 17.3. The zero-order valence-corrected chi connectivity index (χ0v) is 18.1. The predicted molar refractivity (Wildman–Crippen MR) is 120 cm³/mol. The molecule has 7 heteroatoms. The van der Waals surface area contributed by atoms with Gasteiger partial charge in [0, 0.05) is 23.7 Å². The number of likely N-dealkylation sites (N-methyl/N-ethyl adjacent to an activating group) is 1. The van der Waals surface area contributed by atoms with E-state index in [-0.39, 0.29) is 24.6 Å². The Balaban J connectivity index is 1.44. The Morgan fingerprint density at radius 3 is 2.73 bits per heavy atom. The van der Waals surface area contributed by atoms with Crippen molar-refractivity contribution in [3.8, 4) is 0 Å². The first-order chi connectivity index (χ1) is 14.6. The van der Waals surface area contributed by atoms with Gasteiger partial charge in [-0.2, -0.15) is 0 Å². The lowest BCUT2D eigenvalue weighted by atomic mass is 10.0. The van der Waals surface area contributed by atoms with Gasteiger partial charge < -0.3 is 20.1 Å². The maximum Gasteiger partial charge on any atom is 0.238 e. The number of anilines is 1. The summed E-state index contributed by atoms with van der Waals surface area (Å²) in [6.45, 7) is 3.22. The molecule has 0 aromatic heterocycles. The summed E-state index contributed by atoms with van der Waals surface area (Å²) in [4.78, 5) is 16.6. The molecule has 1 unspecified atom stereocenters. The van der Waals surface area contributed by atoms with Crippen LogP contribution in [-0.4, -0.2) is 67.4 Å². The number of morpholine rings is 1. The Labute approximate surface area is 182 Å². The van der Waals surface area contributed by atoms with Crippen LogP contribution in [0.5, 0.6) is 0 Å². The van der Waals surface area contributed by atoms with Crippen molar-refractivity contribution in [1.29, 1.82) is 0 Å². The van der Waals surface area contributed by atoms with Gasteiger partial charge in [0.05, 0.1) is 25.9 Å². The molecular formula is C23H29N3O3S. The lowest BCUT2D eigenvalue weighted by Gasteiger charge is -2.34. The minimum atomic E-state index is -0.292. The molecule has 0 aliphatic carbocycles. The van der Waals surface area contributed by atoms with E-state index in [2.05, 4.69) is 28.4 Å². The molecule has 0 radical (unpaired) electrons. The molecule has 2 heterocycles. The third-order valence-electron chi connectivity index (χ3n) is 5.71. The number of ether oxygens (including phenoxy) is 1. The van der Waals surface area contributed by atoms with Gasteiger partial charge in [-0.1, -0.05) is 30.3 Å². The molecule has 1 saturated heterocycles. The molecule has 2 aliphatic rings. The molecular weight excluding hydrogens is 398 g/mol. The predicted octanol–water partition coefficient (Wildman–Crippen LogP) is 2.11. The van der Waals surface area contributed by atoms with Crippen LogP contribution in [0.25, 0.3) is 0 Å². The molecule has 0 saturated carbocycles. The summed E-state index contributed by atoms with van der Waals surface area (Å²) in [6.07, 6.45) is 1.27. The number of aliphatic hydroxyl groups excluding tert-OH is 1. The number of rotatable bonds is 6. The second kappa shape index (κ2) is 9.83. The molecule has 0 bridgehead atoms. The number of aliphatic hydroxyl groups is 1. The van der Waals surface area contributed by atoms with Crippen LogP contribution < -0.4 is 10.2 Å². The topological polar surface area (TPSA) is 65.0 Å². The van der Waals surface area contributed by atoms with Gasteiger partial charge in [0.2, 0.25) is 5.91 Å². The van der Waals surface area contributed by atoms with Gasteiger partial charge in [-0.25, -0.2) is 4.31 Å². The summed E-state index contributed by atoms with van der Waals surface area (Å²) in [6, 6.07) is 15.9. The molecule has 2 atom stereocenters. The molecule has 6 nitrogen and oxygen atoms in total. The van der Waals surface area contributed by atoms with Crippen LogP contribution in [0.15, 0.2) is 53.4 Å². The van der Waals surface area contributed by atoms with Crippen LogP contribution in [0.2, 0.25) is 0 Å². The Kier molecular flexibility index (Phi) is 6.94. The van der Waals surface area contributed by atoms with E-state index in [9.17, 15) is 9.90 Å². The van der Waals surface area contributed by atoms with E-state index < -0.39 is 0 Å². The summed E-state index contributed by atoms with van der Waals surface area (Å²) in [5, 5.41) is 12.8. The summed E-state index contributed by atoms with van der Waals surface area (Å²) in [7, 11) is 1.96. The highest BCUT2D eigenvalue weighted by Crippen LogP contribution is 2.36. The number of carbonyl (C=O) groups is 1. The normalized spacial score (nSPS) is 20.5. The monoisotopic (exact) mass is 427 g/mol. The standard InChI is InChI=1S/C23H29N3O3S/c1-25-21(23(28)24-19(16-27)13-17-5-3-2-4-6-17)15-18-14-20(7-8-22(18)30-25)26-9-11-29-12-10-26/h2-8,14,19,21,27H,9-13,15-16H2,1H3,(H,24,28)/t19-,21?/m0/s1. The number of hydrogen-bond donors (Lipinski definition) is 2. The third-order valence-corrected chi connectivity index (χ3v) is 6.85. The van der Waals surface area contributed by atoms with Gasteiger partial charge in [-0.3, -0.25) is 4.79 Å². The van der Waals surface area contributed by atoms with Crippen molar-refractivity contribution in [3.63, 3.8) is 0 Å². The molecule has 0 spiro atoms. The average Bonchev–Trinajstić information content (AvgIpc) is 2.79. The van der Waals surface area contributed by atoms with E-state index in [1.165, 1.54) is 16.1 Å². The van der Waals surface area contributed by atoms with Crippen molar-refractivity contribution in [2.75, 3.05) is 44.9 Å². The minimum Gasteiger partial charge on any atom is -0.394 e. The first kappa shape index (κ1) is 21.2. The van der Waals surface area contributed by atoms with Crippen LogP contribution in [0.3, 0.4) is 0 Å². The maximum absolute atomic E-state index is 13.1. The van der Waals surface area contributed by atoms with Gasteiger partial charge in [-0.15, -0.1) is 0 Å². The second-order valence-electron chi connectivity index (χ2n) is 7.83. The van der Waals surface area contributed by atoms with E-state index in [4.69, 9.17) is 4.74 Å². The molecule has 2 aliphatic heterocycles. The Morgan fingerprint density at radius 1 is 1.23 bits per heavy atom. The number of nitrogens with one attached hydrogen (secondary N) is 1. The second-order valence-corrected chi connectivity index (χ2v) is 9.03. The molecule has 4 rings (SSSR count). The molecule has 30 heavy (non-hydrogen) atoms. The highest BCUT2D eigenvalue weighted by Gasteiger charge is 2.31. The summed E-state index contributed by atoms with van der Waals surface area (Å²) in [5.41, 5.74) is 3.49. The number of benzene rings is 2. The lowest BCUT2D eigenvalue weighted by Crippen LogP contribution is -2.50. The SMILES string of the molecule is CN1Sc2ccc(N3CCOCC3)cc2CC1C(=O)N[C@H](CO)Cc1ccccc1. The van der Waals surface area contributed by atoms with Crippen molar-refractivity contribution in [3.05, 3.63) is 59.7 Å². The third kappa shape index (κ3) is 4.98. The fraction of sp³-hybridized carbons (Fsp3) is 0.435. The van der Waals surface area contributed by atoms with E-state index in [0.717, 1.165) is 31.9 Å². The van der Waals surface area contributed by atoms with Gasteiger partial charge in [0.25, 0.3) is 0 Å². The smallest absolute Gasteiger partial charge is 0.238 e. The minimum absolute atomic E-state index is 0.0394. The van der Waals surface area contributed by atoms with Gasteiger partial charge in [0.15, 0.2) is 0 Å². The molecule has 2 aromatic rings. The molecule has 160 valence electrons. The van der Waals surface area contributed by atoms with Gasteiger partial charge >= 0.3 is 0 Å². The molecule has 1 amide bonds. The van der Waals surface area contributed by atoms with Crippen LogP contribution >= 0.6 is 11.9 Å². The quantitative estimate of drug-likeness (QED) is 0.689. The number of fused-ring (bicyclic) bond motifs is 1. The Bertz CT molecular complexity index is 858. The fourth-order valence-corrected chi connectivity index (χ4v) is 5.00. The van der Waals surface area contributed by atoms with Gasteiger partial charge in [0.1, 0.15) is 6.04 Å². The largest absolute Gasteiger partial charge is 0.394 e. The van der Waals surface area contributed by atoms with E-state index in [1.54, 1.807) is 11.9 Å². The van der Waals surface area contributed by atoms with Crippen molar-refractivity contribution in [2.45, 2.75) is 29.8 Å².